The van der Waals surface area contributed by atoms with Crippen molar-refractivity contribution in [3.05, 3.63) is 24.8 Å². The molecule has 0 amide bonds. The Morgan fingerprint density at radius 1 is 1.14 bits per heavy atom. The molecule has 0 N–H and O–H groups in total. The van der Waals surface area contributed by atoms with Crippen LogP contribution in [-0.2, 0) is 19.1 Å². The van der Waals surface area contributed by atoms with Crippen LogP contribution in [0.1, 0.15) is 59.8 Å². The van der Waals surface area contributed by atoms with Gasteiger partial charge < -0.3 is 9.47 Å². The molecule has 1 saturated carbocycles. The molecule has 4 nitrogen and oxygen atoms in total. The van der Waals surface area contributed by atoms with Gasteiger partial charge in [0.25, 0.3) is 0 Å². The molecule has 0 saturated heterocycles. The van der Waals surface area contributed by atoms with Gasteiger partial charge in [-0.25, -0.2) is 9.59 Å². The molecule has 0 radical (unpaired) electrons. The normalized spacial score (nSPS) is 15.2. The summed E-state index contributed by atoms with van der Waals surface area (Å²) in [5.41, 5.74) is 0.103. The fourth-order valence-electron chi connectivity index (χ4n) is 1.78. The van der Waals surface area contributed by atoms with E-state index in [2.05, 4.69) is 13.2 Å². The standard InChI is InChI=1S/C10H16O2.C7H12O2/c1-8(2)10(11)12-9-6-4-3-5-7-9;1-5-6(8)9-7(2,3)4/h9H,1,3-7H2,2H3;5H,1H2,2-4H3. The van der Waals surface area contributed by atoms with Gasteiger partial charge in [0.15, 0.2) is 0 Å². The second-order valence-electron chi connectivity index (χ2n) is 6.18. The Bertz CT molecular complexity index is 371. The van der Waals surface area contributed by atoms with E-state index in [1.54, 1.807) is 6.92 Å². The highest BCUT2D eigenvalue weighted by molar-refractivity contribution is 5.87. The van der Waals surface area contributed by atoms with Crippen molar-refractivity contribution in [1.82, 2.24) is 0 Å². The van der Waals surface area contributed by atoms with Crippen LogP contribution in [0.25, 0.3) is 0 Å². The fourth-order valence-corrected chi connectivity index (χ4v) is 1.78. The summed E-state index contributed by atoms with van der Waals surface area (Å²) < 4.78 is 10.0. The van der Waals surface area contributed by atoms with E-state index in [1.165, 1.54) is 19.3 Å². The molecule has 0 aromatic carbocycles. The van der Waals surface area contributed by atoms with Crippen LogP contribution in [0.2, 0.25) is 0 Å². The lowest BCUT2D eigenvalue weighted by atomic mass is 9.98. The Hall–Kier alpha value is -1.58. The van der Waals surface area contributed by atoms with Crippen LogP contribution in [0.15, 0.2) is 24.8 Å². The van der Waals surface area contributed by atoms with Crippen LogP contribution >= 0.6 is 0 Å². The highest BCUT2D eigenvalue weighted by atomic mass is 16.6. The maximum atomic E-state index is 11.1. The lowest BCUT2D eigenvalue weighted by molar-refractivity contribution is -0.148. The molecule has 0 aromatic heterocycles. The minimum atomic E-state index is -0.398. The average molecular weight is 296 g/mol. The Morgan fingerprint density at radius 3 is 2.00 bits per heavy atom. The van der Waals surface area contributed by atoms with Gasteiger partial charge in [0.1, 0.15) is 11.7 Å². The van der Waals surface area contributed by atoms with Gasteiger partial charge in [0.2, 0.25) is 0 Å². The Labute approximate surface area is 128 Å². The first-order chi connectivity index (χ1) is 9.65. The zero-order valence-electron chi connectivity index (χ0n) is 13.7. The summed E-state index contributed by atoms with van der Waals surface area (Å²) in [5, 5.41) is 0. The molecular formula is C17H28O4. The van der Waals surface area contributed by atoms with Crippen molar-refractivity contribution in [1.29, 1.82) is 0 Å². The number of carbonyl (C=O) groups is 2. The Morgan fingerprint density at radius 2 is 1.67 bits per heavy atom. The van der Waals surface area contributed by atoms with Crippen molar-refractivity contribution in [2.45, 2.75) is 71.5 Å². The number of carbonyl (C=O) groups excluding carboxylic acids is 2. The van der Waals surface area contributed by atoms with Gasteiger partial charge in [-0.05, 0) is 53.4 Å². The van der Waals surface area contributed by atoms with Gasteiger partial charge in [0, 0.05) is 11.6 Å². The molecule has 0 aromatic rings. The number of esters is 2. The van der Waals surface area contributed by atoms with Crippen molar-refractivity contribution in [2.75, 3.05) is 0 Å². The molecule has 4 heteroatoms. The molecule has 1 fully saturated rings. The molecule has 0 unspecified atom stereocenters. The summed E-state index contributed by atoms with van der Waals surface area (Å²) >= 11 is 0. The minimum Gasteiger partial charge on any atom is -0.459 e. The third kappa shape index (κ3) is 10.8. The van der Waals surface area contributed by atoms with Crippen LogP contribution < -0.4 is 0 Å². The number of hydrogen-bond acceptors (Lipinski definition) is 4. The maximum Gasteiger partial charge on any atom is 0.333 e. The number of ether oxygens (including phenoxy) is 2. The third-order valence-electron chi connectivity index (χ3n) is 2.75. The fraction of sp³-hybridized carbons (Fsp3) is 0.647. The van der Waals surface area contributed by atoms with Gasteiger partial charge in [-0.2, -0.15) is 0 Å². The molecule has 1 aliphatic carbocycles. The quantitative estimate of drug-likeness (QED) is 0.584. The summed E-state index contributed by atoms with van der Waals surface area (Å²) in [5.74, 6) is -0.607. The molecule has 0 atom stereocenters. The van der Waals surface area contributed by atoms with Gasteiger partial charge in [-0.1, -0.05) is 19.6 Å². The maximum absolute atomic E-state index is 11.1. The third-order valence-corrected chi connectivity index (χ3v) is 2.75. The van der Waals surface area contributed by atoms with Crippen LogP contribution in [0.5, 0.6) is 0 Å². The summed E-state index contributed by atoms with van der Waals surface area (Å²) in [6.07, 6.45) is 7.02. The van der Waals surface area contributed by atoms with Crippen LogP contribution in [0, 0.1) is 0 Å². The zero-order valence-corrected chi connectivity index (χ0v) is 13.7. The number of rotatable bonds is 3. The van der Waals surface area contributed by atoms with Crippen molar-refractivity contribution in [3.63, 3.8) is 0 Å². The molecule has 0 aliphatic heterocycles. The van der Waals surface area contributed by atoms with E-state index in [0.29, 0.717) is 5.57 Å². The van der Waals surface area contributed by atoms with Gasteiger partial charge in [-0.3, -0.25) is 0 Å². The minimum absolute atomic E-state index is 0.156. The largest absolute Gasteiger partial charge is 0.459 e. The Balaban J connectivity index is 0.000000400. The monoisotopic (exact) mass is 296 g/mol. The van der Waals surface area contributed by atoms with E-state index >= 15 is 0 Å². The van der Waals surface area contributed by atoms with Crippen molar-refractivity contribution < 1.29 is 19.1 Å². The topological polar surface area (TPSA) is 52.6 Å². The molecule has 0 heterocycles. The van der Waals surface area contributed by atoms with E-state index in [4.69, 9.17) is 9.47 Å². The summed E-state index contributed by atoms with van der Waals surface area (Å²) in [6.45, 7) is 13.9. The molecule has 1 aliphatic rings. The lowest BCUT2D eigenvalue weighted by Crippen LogP contribution is -2.22. The SMILES string of the molecule is C=C(C)C(=O)OC1CCCCC1.C=CC(=O)OC(C)(C)C. The second kappa shape index (κ2) is 9.37. The van der Waals surface area contributed by atoms with Crippen LogP contribution in [-0.4, -0.2) is 23.6 Å². The molecule has 120 valence electrons. The van der Waals surface area contributed by atoms with Crippen LogP contribution in [0.4, 0.5) is 0 Å². The molecule has 0 spiro atoms. The summed E-state index contributed by atoms with van der Waals surface area (Å²) in [6, 6.07) is 0. The second-order valence-corrected chi connectivity index (χ2v) is 6.18. The predicted molar refractivity (Wildman–Crippen MR) is 83.8 cm³/mol. The molecule has 0 bridgehead atoms. The van der Waals surface area contributed by atoms with E-state index in [0.717, 1.165) is 18.9 Å². The first-order valence-corrected chi connectivity index (χ1v) is 7.37. The highest BCUT2D eigenvalue weighted by Gasteiger charge is 2.17. The highest BCUT2D eigenvalue weighted by Crippen LogP contribution is 2.20. The molecular weight excluding hydrogens is 268 g/mol. The summed E-state index contributed by atoms with van der Waals surface area (Å²) in [7, 11) is 0. The van der Waals surface area contributed by atoms with E-state index in [-0.39, 0.29) is 18.0 Å². The van der Waals surface area contributed by atoms with E-state index in [1.807, 2.05) is 20.8 Å². The Kier molecular flexibility index (Phi) is 8.67. The average Bonchev–Trinajstić information content (AvgIpc) is 2.38. The lowest BCUT2D eigenvalue weighted by Gasteiger charge is -2.21. The van der Waals surface area contributed by atoms with E-state index < -0.39 is 5.60 Å². The van der Waals surface area contributed by atoms with Gasteiger partial charge in [-0.15, -0.1) is 0 Å². The first kappa shape index (κ1) is 19.4. The van der Waals surface area contributed by atoms with E-state index in [9.17, 15) is 9.59 Å². The molecule has 21 heavy (non-hydrogen) atoms. The van der Waals surface area contributed by atoms with Crippen molar-refractivity contribution in [3.8, 4) is 0 Å². The van der Waals surface area contributed by atoms with Crippen molar-refractivity contribution in [2.24, 2.45) is 0 Å². The van der Waals surface area contributed by atoms with Gasteiger partial charge in [0.05, 0.1) is 0 Å². The van der Waals surface area contributed by atoms with Gasteiger partial charge >= 0.3 is 11.9 Å². The van der Waals surface area contributed by atoms with Crippen LogP contribution in [0.3, 0.4) is 0 Å². The number of hydrogen-bond donors (Lipinski definition) is 0. The smallest absolute Gasteiger partial charge is 0.333 e. The van der Waals surface area contributed by atoms with Crippen molar-refractivity contribution >= 4 is 11.9 Å². The molecule has 1 rings (SSSR count). The first-order valence-electron chi connectivity index (χ1n) is 7.37. The zero-order chi connectivity index (χ0) is 16.5. The summed E-state index contributed by atoms with van der Waals surface area (Å²) in [4.78, 5) is 21.6. The predicted octanol–water partition coefficient (Wildman–Crippen LogP) is 3.95.